The van der Waals surface area contributed by atoms with Gasteiger partial charge in [-0.05, 0) is 44.4 Å². The largest absolute Gasteiger partial charge is 0.399 e. The molecule has 1 aromatic rings. The van der Waals surface area contributed by atoms with Crippen LogP contribution in [0.2, 0.25) is 0 Å². The molecule has 0 radical (unpaired) electrons. The molecule has 4 N–H and O–H groups in total. The summed E-state index contributed by atoms with van der Waals surface area (Å²) in [5, 5.41) is 0. The lowest BCUT2D eigenvalue weighted by Crippen LogP contribution is -2.48. The van der Waals surface area contributed by atoms with E-state index in [2.05, 4.69) is 0 Å². The van der Waals surface area contributed by atoms with Gasteiger partial charge in [-0.1, -0.05) is 6.07 Å². The summed E-state index contributed by atoms with van der Waals surface area (Å²) in [5.41, 5.74) is 13.2. The fraction of sp³-hybridized carbons (Fsp3) is 0.467. The Balaban J connectivity index is 2.26. The Bertz CT molecular complexity index is 542. The predicted molar refractivity (Wildman–Crippen MR) is 78.0 cm³/mol. The number of piperidine rings is 1. The van der Waals surface area contributed by atoms with Crippen LogP contribution in [0.3, 0.4) is 0 Å². The minimum atomic E-state index is -0.334. The van der Waals surface area contributed by atoms with E-state index in [-0.39, 0.29) is 23.8 Å². The second kappa shape index (κ2) is 5.53. The van der Waals surface area contributed by atoms with Crippen LogP contribution in [0.5, 0.6) is 0 Å². The first-order chi connectivity index (χ1) is 9.40. The summed E-state index contributed by atoms with van der Waals surface area (Å²) in [7, 11) is 0. The molecule has 1 heterocycles. The van der Waals surface area contributed by atoms with E-state index in [0.717, 1.165) is 18.4 Å². The summed E-state index contributed by atoms with van der Waals surface area (Å²) < 4.78 is 0. The summed E-state index contributed by atoms with van der Waals surface area (Å²) >= 11 is 0. The molecule has 5 nitrogen and oxygen atoms in total. The first-order valence-electron chi connectivity index (χ1n) is 6.86. The number of carbonyl (C=O) groups excluding carboxylic acids is 2. The van der Waals surface area contributed by atoms with E-state index in [1.54, 1.807) is 17.0 Å². The van der Waals surface area contributed by atoms with Crippen LogP contribution in [0.4, 0.5) is 5.69 Å². The molecule has 20 heavy (non-hydrogen) atoms. The third-order valence-corrected chi connectivity index (χ3v) is 4.04. The summed E-state index contributed by atoms with van der Waals surface area (Å²) in [6.07, 6.45) is 1.54. The van der Waals surface area contributed by atoms with Crippen LogP contribution in [-0.4, -0.2) is 29.3 Å². The van der Waals surface area contributed by atoms with E-state index in [9.17, 15) is 9.59 Å². The molecule has 0 saturated carbocycles. The molecule has 2 amide bonds. The Morgan fingerprint density at radius 3 is 2.65 bits per heavy atom. The lowest BCUT2D eigenvalue weighted by Gasteiger charge is -2.37. The van der Waals surface area contributed by atoms with E-state index < -0.39 is 0 Å². The topological polar surface area (TPSA) is 89.4 Å². The van der Waals surface area contributed by atoms with Gasteiger partial charge in [-0.25, -0.2) is 0 Å². The van der Waals surface area contributed by atoms with Crippen LogP contribution in [0.15, 0.2) is 18.2 Å². The van der Waals surface area contributed by atoms with Gasteiger partial charge in [0.1, 0.15) is 0 Å². The van der Waals surface area contributed by atoms with Gasteiger partial charge in [0.2, 0.25) is 5.91 Å². The third-order valence-electron chi connectivity index (χ3n) is 4.04. The zero-order chi connectivity index (χ0) is 14.9. The van der Waals surface area contributed by atoms with Crippen molar-refractivity contribution < 1.29 is 9.59 Å². The maximum atomic E-state index is 12.7. The van der Waals surface area contributed by atoms with E-state index >= 15 is 0 Å². The summed E-state index contributed by atoms with van der Waals surface area (Å²) in [6.45, 7) is 4.27. The number of nitrogens with zero attached hydrogens (tertiary/aromatic N) is 1. The molecule has 2 unspecified atom stereocenters. The SMILES string of the molecule is Cc1ccc(N)cc1C(=O)N1CC(C(N)=O)CCC1C. The third kappa shape index (κ3) is 2.76. The maximum absolute atomic E-state index is 12.7. The van der Waals surface area contributed by atoms with Crippen LogP contribution in [0.1, 0.15) is 35.7 Å². The smallest absolute Gasteiger partial charge is 0.254 e. The fourth-order valence-electron chi connectivity index (χ4n) is 2.65. The maximum Gasteiger partial charge on any atom is 0.254 e. The van der Waals surface area contributed by atoms with Gasteiger partial charge in [-0.2, -0.15) is 0 Å². The number of hydrogen-bond acceptors (Lipinski definition) is 3. The van der Waals surface area contributed by atoms with Crippen LogP contribution in [0.25, 0.3) is 0 Å². The summed E-state index contributed by atoms with van der Waals surface area (Å²) in [4.78, 5) is 25.8. The predicted octanol–water partition coefficient (Wildman–Crippen LogP) is 1.30. The minimum Gasteiger partial charge on any atom is -0.399 e. The second-order valence-corrected chi connectivity index (χ2v) is 5.56. The van der Waals surface area contributed by atoms with Crippen molar-refractivity contribution in [2.75, 3.05) is 12.3 Å². The van der Waals surface area contributed by atoms with Crippen LogP contribution in [0, 0.1) is 12.8 Å². The van der Waals surface area contributed by atoms with Crippen LogP contribution < -0.4 is 11.5 Å². The van der Waals surface area contributed by atoms with E-state index in [0.29, 0.717) is 17.8 Å². The van der Waals surface area contributed by atoms with E-state index in [1.807, 2.05) is 19.9 Å². The molecule has 1 aliphatic rings. The molecule has 2 atom stereocenters. The van der Waals surface area contributed by atoms with Crippen molar-refractivity contribution >= 4 is 17.5 Å². The standard InChI is InChI=1S/C15H21N3O2/c1-9-3-6-12(16)7-13(9)15(20)18-8-11(14(17)19)5-4-10(18)2/h3,6-7,10-11H,4-5,8,16H2,1-2H3,(H2,17,19). The molecule has 108 valence electrons. The van der Waals surface area contributed by atoms with E-state index in [1.165, 1.54) is 0 Å². The van der Waals surface area contributed by atoms with Crippen LogP contribution in [-0.2, 0) is 4.79 Å². The highest BCUT2D eigenvalue weighted by Gasteiger charge is 2.32. The van der Waals surface area contributed by atoms with Crippen molar-refractivity contribution in [3.63, 3.8) is 0 Å². The molecule has 5 heteroatoms. The number of anilines is 1. The Hall–Kier alpha value is -2.04. The molecular weight excluding hydrogens is 254 g/mol. The highest BCUT2D eigenvalue weighted by Crippen LogP contribution is 2.25. The number of nitrogens with two attached hydrogens (primary N) is 2. The number of rotatable bonds is 2. The van der Waals surface area contributed by atoms with Gasteiger partial charge in [0.25, 0.3) is 5.91 Å². The van der Waals surface area contributed by atoms with Gasteiger partial charge in [-0.15, -0.1) is 0 Å². The number of carbonyl (C=O) groups is 2. The summed E-state index contributed by atoms with van der Waals surface area (Å²) in [6, 6.07) is 5.41. The molecule has 0 aromatic heterocycles. The minimum absolute atomic E-state index is 0.0757. The first kappa shape index (κ1) is 14.4. The van der Waals surface area contributed by atoms with Crippen molar-refractivity contribution in [1.29, 1.82) is 0 Å². The summed E-state index contributed by atoms with van der Waals surface area (Å²) in [5.74, 6) is -0.663. The average molecular weight is 275 g/mol. The van der Waals surface area contributed by atoms with Crippen molar-refractivity contribution in [3.8, 4) is 0 Å². The van der Waals surface area contributed by atoms with Crippen molar-refractivity contribution in [1.82, 2.24) is 4.90 Å². The molecule has 2 rings (SSSR count). The Morgan fingerprint density at radius 1 is 1.30 bits per heavy atom. The zero-order valence-corrected chi connectivity index (χ0v) is 11.9. The monoisotopic (exact) mass is 275 g/mol. The number of amides is 2. The number of likely N-dealkylation sites (tertiary alicyclic amines) is 1. The van der Waals surface area contributed by atoms with Gasteiger partial charge in [0.15, 0.2) is 0 Å². The lowest BCUT2D eigenvalue weighted by molar-refractivity contribution is -0.123. The Labute approximate surface area is 118 Å². The molecule has 1 aliphatic heterocycles. The highest BCUT2D eigenvalue weighted by atomic mass is 16.2. The number of aryl methyl sites for hydroxylation is 1. The normalized spacial score (nSPS) is 22.6. The molecule has 0 aliphatic carbocycles. The quantitative estimate of drug-likeness (QED) is 0.797. The molecular formula is C15H21N3O2. The highest BCUT2D eigenvalue weighted by molar-refractivity contribution is 5.97. The van der Waals surface area contributed by atoms with Gasteiger partial charge < -0.3 is 16.4 Å². The zero-order valence-electron chi connectivity index (χ0n) is 11.9. The van der Waals surface area contributed by atoms with Crippen molar-refractivity contribution in [2.45, 2.75) is 32.7 Å². The number of primary amides is 1. The molecule has 1 fully saturated rings. The average Bonchev–Trinajstić information content (AvgIpc) is 2.41. The fourth-order valence-corrected chi connectivity index (χ4v) is 2.65. The number of benzene rings is 1. The van der Waals surface area contributed by atoms with Crippen LogP contribution >= 0.6 is 0 Å². The Morgan fingerprint density at radius 2 is 2.00 bits per heavy atom. The van der Waals surface area contributed by atoms with Gasteiger partial charge in [0.05, 0.1) is 5.92 Å². The molecule has 1 saturated heterocycles. The first-order valence-corrected chi connectivity index (χ1v) is 6.86. The molecule has 0 bridgehead atoms. The van der Waals surface area contributed by atoms with Gasteiger partial charge >= 0.3 is 0 Å². The Kier molecular flexibility index (Phi) is 3.97. The molecule has 0 spiro atoms. The number of hydrogen-bond donors (Lipinski definition) is 2. The molecule has 1 aromatic carbocycles. The van der Waals surface area contributed by atoms with Crippen molar-refractivity contribution in [2.24, 2.45) is 11.7 Å². The van der Waals surface area contributed by atoms with Gasteiger partial charge in [0, 0.05) is 23.8 Å². The lowest BCUT2D eigenvalue weighted by atomic mass is 9.92. The van der Waals surface area contributed by atoms with Crippen molar-refractivity contribution in [3.05, 3.63) is 29.3 Å². The van der Waals surface area contributed by atoms with E-state index in [4.69, 9.17) is 11.5 Å². The van der Waals surface area contributed by atoms with Gasteiger partial charge in [-0.3, -0.25) is 9.59 Å². The second-order valence-electron chi connectivity index (χ2n) is 5.56. The number of nitrogen functional groups attached to an aromatic ring is 1.